The first-order valence-electron chi connectivity index (χ1n) is 12.8. The minimum absolute atomic E-state index is 0. The summed E-state index contributed by atoms with van der Waals surface area (Å²) in [5, 5.41) is 0. The van der Waals surface area contributed by atoms with Gasteiger partial charge in [-0.05, 0) is 11.1 Å². The van der Waals surface area contributed by atoms with Crippen molar-refractivity contribution in [1.82, 2.24) is 0 Å². The van der Waals surface area contributed by atoms with Crippen LogP contribution in [0.15, 0.2) is 124 Å². The number of benzene rings is 4. The van der Waals surface area contributed by atoms with Crippen molar-refractivity contribution in [1.29, 1.82) is 0 Å². The van der Waals surface area contributed by atoms with Crippen LogP contribution in [-0.4, -0.2) is 4.21 Å². The predicted molar refractivity (Wildman–Crippen MR) is 168 cm³/mol. The topological polar surface area (TPSA) is 0 Å². The summed E-state index contributed by atoms with van der Waals surface area (Å²) in [5.74, 6) is 0. The van der Waals surface area contributed by atoms with E-state index in [0.717, 1.165) is 12.8 Å². The standard InChI is InChI=1S/C13H9.C12H10.C9H13.CH2.2ClH.Zr/c1-3-7-12-10(5-1)9-11-6-2-4-8-13(11)12;1-3-7-11(8-4-1)12-9-5-2-6-10-12;1-9(2,3)8-6-4-5-7-8;;;;/h1-5,7-8H,9H2;1-10H;6-7H,4H2,1-3H3;1H2;2*1H;. The van der Waals surface area contributed by atoms with Crippen LogP contribution in [0.3, 0.4) is 0 Å². The van der Waals surface area contributed by atoms with Gasteiger partial charge in [-0.1, -0.05) is 60.7 Å². The van der Waals surface area contributed by atoms with Crippen molar-refractivity contribution >= 4 is 32.3 Å². The van der Waals surface area contributed by atoms with E-state index in [1.54, 1.807) is 12.1 Å². The van der Waals surface area contributed by atoms with Gasteiger partial charge in [-0.2, -0.15) is 0 Å². The molecule has 0 fully saturated rings. The third-order valence-electron chi connectivity index (χ3n) is 7.18. The fraction of sp³-hybridized carbons (Fsp3) is 0.171. The monoisotopic (exact) mass is 616 g/mol. The molecule has 0 aromatic heterocycles. The molecular formula is C35H36Cl2Zr. The predicted octanol–water partition coefficient (Wildman–Crippen LogP) is 9.39. The van der Waals surface area contributed by atoms with Crippen molar-refractivity contribution < 1.29 is 21.3 Å². The van der Waals surface area contributed by atoms with Crippen LogP contribution in [0.4, 0.5) is 0 Å². The summed E-state index contributed by atoms with van der Waals surface area (Å²) in [7, 11) is 0. The Morgan fingerprint density at radius 3 is 1.79 bits per heavy atom. The Kier molecular flexibility index (Phi) is 10.5. The molecule has 0 aliphatic heterocycles. The van der Waals surface area contributed by atoms with Crippen molar-refractivity contribution in [3.8, 4) is 22.3 Å². The number of fused-ring (bicyclic) bond motifs is 3. The molecule has 0 spiro atoms. The van der Waals surface area contributed by atoms with Crippen LogP contribution >= 0.6 is 24.8 Å². The van der Waals surface area contributed by atoms with Crippen molar-refractivity contribution in [2.45, 2.75) is 33.6 Å². The second kappa shape index (κ2) is 13.2. The van der Waals surface area contributed by atoms with Crippen molar-refractivity contribution in [3.05, 3.63) is 135 Å². The largest absolute Gasteiger partial charge is 0.0622 e. The van der Waals surface area contributed by atoms with Crippen LogP contribution in [0.1, 0.15) is 38.3 Å². The van der Waals surface area contributed by atoms with Gasteiger partial charge in [-0.3, -0.25) is 0 Å². The van der Waals surface area contributed by atoms with E-state index in [-0.39, 0.29) is 30.2 Å². The third-order valence-corrected chi connectivity index (χ3v) is 12.7. The summed E-state index contributed by atoms with van der Waals surface area (Å²) in [4.78, 5) is 0. The molecule has 0 atom stereocenters. The van der Waals surface area contributed by atoms with Gasteiger partial charge < -0.3 is 0 Å². The molecule has 0 heterocycles. The Labute approximate surface area is 248 Å². The van der Waals surface area contributed by atoms with Gasteiger partial charge in [0.25, 0.3) is 0 Å². The van der Waals surface area contributed by atoms with Gasteiger partial charge in [-0.25, -0.2) is 0 Å². The second-order valence-electron chi connectivity index (χ2n) is 10.7. The summed E-state index contributed by atoms with van der Waals surface area (Å²) < 4.78 is 7.99. The Morgan fingerprint density at radius 1 is 0.658 bits per heavy atom. The van der Waals surface area contributed by atoms with E-state index in [4.69, 9.17) is 4.21 Å². The van der Waals surface area contributed by atoms with E-state index < -0.39 is 21.3 Å². The maximum atomic E-state index is 4.74. The molecule has 0 saturated carbocycles. The first-order valence-corrected chi connectivity index (χ1v) is 17.0. The first-order chi connectivity index (χ1) is 17.4. The van der Waals surface area contributed by atoms with Crippen LogP contribution in [0.2, 0.25) is 0 Å². The fourth-order valence-corrected chi connectivity index (χ4v) is 9.82. The smallest absolute Gasteiger partial charge is 0.0184 e. The van der Waals surface area contributed by atoms with Gasteiger partial charge in [0.15, 0.2) is 0 Å². The Bertz CT molecular complexity index is 1420. The normalized spacial score (nSPS) is 12.9. The quantitative estimate of drug-likeness (QED) is 0.189. The summed E-state index contributed by atoms with van der Waals surface area (Å²) in [5.41, 5.74) is 10.2. The van der Waals surface area contributed by atoms with Crippen molar-refractivity contribution in [2.75, 3.05) is 0 Å². The SMILES string of the molecule is Cl.Cl.[CH2]=[Zr]([C]1=CC(C(C)(C)C)=CC1)[c]1cccc2c1Cc1ccccc1-2.c1ccc(-c2ccccc2)cc1. The van der Waals surface area contributed by atoms with Gasteiger partial charge in [0.05, 0.1) is 0 Å². The number of hydrogen-bond donors (Lipinski definition) is 0. The number of halogens is 2. The van der Waals surface area contributed by atoms with E-state index in [1.807, 2.05) is 12.1 Å². The molecule has 0 radical (unpaired) electrons. The molecule has 0 bridgehead atoms. The molecule has 38 heavy (non-hydrogen) atoms. The van der Waals surface area contributed by atoms with Crippen LogP contribution < -0.4 is 3.27 Å². The van der Waals surface area contributed by atoms with Crippen LogP contribution in [0.25, 0.3) is 22.3 Å². The zero-order valence-electron chi connectivity index (χ0n) is 22.4. The van der Waals surface area contributed by atoms with Gasteiger partial charge in [-0.15, -0.1) is 24.8 Å². The van der Waals surface area contributed by atoms with Crippen LogP contribution in [-0.2, 0) is 27.7 Å². The van der Waals surface area contributed by atoms with Gasteiger partial charge in [0.2, 0.25) is 0 Å². The summed E-state index contributed by atoms with van der Waals surface area (Å²) in [6, 6.07) is 36.5. The van der Waals surface area contributed by atoms with Gasteiger partial charge >= 0.3 is 154 Å². The minimum Gasteiger partial charge on any atom is -0.0622 e. The van der Waals surface area contributed by atoms with Crippen LogP contribution in [0.5, 0.6) is 0 Å². The molecule has 0 nitrogen and oxygen atoms in total. The Hall–Kier alpha value is -2.31. The molecule has 0 N–H and O–H groups in total. The number of rotatable bonds is 3. The minimum atomic E-state index is -2.00. The van der Waals surface area contributed by atoms with E-state index in [1.165, 1.54) is 33.4 Å². The van der Waals surface area contributed by atoms with Crippen LogP contribution in [0, 0.1) is 5.41 Å². The summed E-state index contributed by atoms with van der Waals surface area (Å²) in [6.45, 7) is 6.92. The zero-order valence-corrected chi connectivity index (χ0v) is 26.5. The molecule has 0 unspecified atom stereocenters. The Balaban J connectivity index is 0.000000243. The molecular weight excluding hydrogens is 583 g/mol. The van der Waals surface area contributed by atoms with E-state index in [0.29, 0.717) is 0 Å². The maximum absolute atomic E-state index is 4.74. The van der Waals surface area contributed by atoms with Gasteiger partial charge in [0.1, 0.15) is 0 Å². The average molecular weight is 619 g/mol. The van der Waals surface area contributed by atoms with Gasteiger partial charge in [0, 0.05) is 0 Å². The average Bonchev–Trinajstić information content (AvgIpc) is 3.55. The molecule has 0 amide bonds. The molecule has 194 valence electrons. The van der Waals surface area contributed by atoms with Crippen molar-refractivity contribution in [3.63, 3.8) is 0 Å². The fourth-order valence-electron chi connectivity index (χ4n) is 5.13. The molecule has 6 rings (SSSR count). The summed E-state index contributed by atoms with van der Waals surface area (Å²) >= 11 is -2.00. The molecule has 4 aromatic rings. The Morgan fingerprint density at radius 2 is 1.21 bits per heavy atom. The number of hydrogen-bond acceptors (Lipinski definition) is 0. The van der Waals surface area contributed by atoms with E-state index in [9.17, 15) is 0 Å². The second-order valence-corrected chi connectivity index (χ2v) is 15.9. The molecule has 3 heteroatoms. The third kappa shape index (κ3) is 6.63. The van der Waals surface area contributed by atoms with Crippen molar-refractivity contribution in [2.24, 2.45) is 5.41 Å². The molecule has 2 aliphatic carbocycles. The summed E-state index contributed by atoms with van der Waals surface area (Å²) in [6.07, 6.45) is 7.12. The zero-order chi connectivity index (χ0) is 25.1. The number of allylic oxidation sites excluding steroid dienone is 4. The first kappa shape index (κ1) is 30.2. The molecule has 0 saturated heterocycles. The van der Waals surface area contributed by atoms with E-state index >= 15 is 0 Å². The molecule has 4 aromatic carbocycles. The maximum Gasteiger partial charge on any atom is -0.0184 e. The molecule has 2 aliphatic rings. The van der Waals surface area contributed by atoms with E-state index in [2.05, 4.69) is 124 Å².